The SMILES string of the molecule is Cc1ccc(C(=O)c2ccc[nH]2)c(Cl)c1. The zero-order valence-corrected chi connectivity index (χ0v) is 9.01. The van der Waals surface area contributed by atoms with Crippen molar-refractivity contribution in [1.82, 2.24) is 4.98 Å². The van der Waals surface area contributed by atoms with Gasteiger partial charge in [0.15, 0.2) is 0 Å². The first-order valence-corrected chi connectivity index (χ1v) is 5.00. The molecule has 0 saturated carbocycles. The number of hydrogen-bond donors (Lipinski definition) is 1. The maximum atomic E-state index is 11.9. The van der Waals surface area contributed by atoms with E-state index >= 15 is 0 Å². The predicted octanol–water partition coefficient (Wildman–Crippen LogP) is 3.21. The molecule has 0 amide bonds. The van der Waals surface area contributed by atoms with Crippen LogP contribution in [0.3, 0.4) is 0 Å². The molecule has 0 saturated heterocycles. The smallest absolute Gasteiger partial charge is 0.210 e. The van der Waals surface area contributed by atoms with E-state index in [-0.39, 0.29) is 5.78 Å². The van der Waals surface area contributed by atoms with Crippen LogP contribution in [0.15, 0.2) is 36.5 Å². The first-order valence-electron chi connectivity index (χ1n) is 4.63. The Morgan fingerprint density at radius 3 is 2.73 bits per heavy atom. The molecule has 2 rings (SSSR count). The number of aromatic amines is 1. The van der Waals surface area contributed by atoms with Crippen LogP contribution in [0.5, 0.6) is 0 Å². The summed E-state index contributed by atoms with van der Waals surface area (Å²) in [6.45, 7) is 1.94. The predicted molar refractivity (Wildman–Crippen MR) is 60.4 cm³/mol. The number of carbonyl (C=O) groups excluding carboxylic acids is 1. The van der Waals surface area contributed by atoms with Gasteiger partial charge in [-0.2, -0.15) is 0 Å². The highest BCUT2D eigenvalue weighted by Gasteiger charge is 2.12. The monoisotopic (exact) mass is 219 g/mol. The molecule has 2 nitrogen and oxygen atoms in total. The van der Waals surface area contributed by atoms with Gasteiger partial charge in [-0.1, -0.05) is 17.7 Å². The van der Waals surface area contributed by atoms with Gasteiger partial charge in [0, 0.05) is 11.8 Å². The number of carbonyl (C=O) groups is 1. The van der Waals surface area contributed by atoms with Gasteiger partial charge in [-0.05, 0) is 36.8 Å². The maximum absolute atomic E-state index is 11.9. The van der Waals surface area contributed by atoms with E-state index < -0.39 is 0 Å². The second-order valence-corrected chi connectivity index (χ2v) is 3.80. The molecule has 1 aromatic carbocycles. The van der Waals surface area contributed by atoms with Crippen molar-refractivity contribution in [2.45, 2.75) is 6.92 Å². The zero-order chi connectivity index (χ0) is 10.8. The minimum Gasteiger partial charge on any atom is -0.359 e. The van der Waals surface area contributed by atoms with Crippen LogP contribution < -0.4 is 0 Å². The molecule has 0 atom stereocenters. The summed E-state index contributed by atoms with van der Waals surface area (Å²) in [5.74, 6) is -0.0787. The summed E-state index contributed by atoms with van der Waals surface area (Å²) in [7, 11) is 0. The second-order valence-electron chi connectivity index (χ2n) is 3.40. The first-order chi connectivity index (χ1) is 7.18. The van der Waals surface area contributed by atoms with Gasteiger partial charge in [0.25, 0.3) is 0 Å². The van der Waals surface area contributed by atoms with Crippen molar-refractivity contribution in [1.29, 1.82) is 0 Å². The molecule has 1 aromatic heterocycles. The number of benzene rings is 1. The number of hydrogen-bond acceptors (Lipinski definition) is 1. The van der Waals surface area contributed by atoms with Gasteiger partial charge in [-0.3, -0.25) is 4.79 Å². The van der Waals surface area contributed by atoms with Crippen LogP contribution in [0.4, 0.5) is 0 Å². The average molecular weight is 220 g/mol. The normalized spacial score (nSPS) is 10.3. The van der Waals surface area contributed by atoms with E-state index in [0.29, 0.717) is 16.3 Å². The Kier molecular flexibility index (Phi) is 2.60. The van der Waals surface area contributed by atoms with E-state index in [4.69, 9.17) is 11.6 Å². The molecule has 0 spiro atoms. The molecule has 0 radical (unpaired) electrons. The summed E-state index contributed by atoms with van der Waals surface area (Å²) in [4.78, 5) is 14.8. The third kappa shape index (κ3) is 1.95. The van der Waals surface area contributed by atoms with Crippen LogP contribution in [0.25, 0.3) is 0 Å². The standard InChI is InChI=1S/C12H10ClNO/c1-8-4-5-9(10(13)7-8)12(15)11-3-2-6-14-11/h2-7,14H,1H3. The number of H-pyrrole nitrogens is 1. The molecule has 0 fully saturated rings. The Bertz CT molecular complexity index is 488. The highest BCUT2D eigenvalue weighted by molar-refractivity contribution is 6.34. The summed E-state index contributed by atoms with van der Waals surface area (Å²) in [5.41, 5.74) is 2.13. The van der Waals surface area contributed by atoms with Crippen molar-refractivity contribution in [3.05, 3.63) is 58.4 Å². The summed E-state index contributed by atoms with van der Waals surface area (Å²) < 4.78 is 0. The fraction of sp³-hybridized carbons (Fsp3) is 0.0833. The fourth-order valence-electron chi connectivity index (χ4n) is 1.42. The molecule has 0 aliphatic carbocycles. The van der Waals surface area contributed by atoms with Crippen LogP contribution >= 0.6 is 11.6 Å². The summed E-state index contributed by atoms with van der Waals surface area (Å²) in [5, 5.41) is 0.495. The molecule has 1 heterocycles. The van der Waals surface area contributed by atoms with Gasteiger partial charge in [0.05, 0.1) is 10.7 Å². The van der Waals surface area contributed by atoms with Gasteiger partial charge < -0.3 is 4.98 Å². The van der Waals surface area contributed by atoms with Crippen LogP contribution in [-0.2, 0) is 0 Å². The number of halogens is 1. The molecule has 0 bridgehead atoms. The van der Waals surface area contributed by atoms with Crippen molar-refractivity contribution in [2.75, 3.05) is 0 Å². The molecule has 0 unspecified atom stereocenters. The minimum absolute atomic E-state index is 0.0787. The Labute approximate surface area is 92.9 Å². The fourth-order valence-corrected chi connectivity index (χ4v) is 1.74. The Balaban J connectivity index is 2.42. The number of nitrogens with one attached hydrogen (secondary N) is 1. The van der Waals surface area contributed by atoms with Crippen molar-refractivity contribution in [3.8, 4) is 0 Å². The number of aryl methyl sites for hydroxylation is 1. The Morgan fingerprint density at radius 1 is 1.33 bits per heavy atom. The van der Waals surface area contributed by atoms with Gasteiger partial charge in [-0.25, -0.2) is 0 Å². The summed E-state index contributed by atoms with van der Waals surface area (Å²) in [6, 6.07) is 8.94. The Hall–Kier alpha value is -1.54. The number of rotatable bonds is 2. The Morgan fingerprint density at radius 2 is 2.13 bits per heavy atom. The van der Waals surface area contributed by atoms with E-state index in [1.165, 1.54) is 0 Å². The summed E-state index contributed by atoms with van der Waals surface area (Å²) in [6.07, 6.45) is 1.72. The molecule has 76 valence electrons. The summed E-state index contributed by atoms with van der Waals surface area (Å²) >= 11 is 6.01. The van der Waals surface area contributed by atoms with Gasteiger partial charge in [0.2, 0.25) is 5.78 Å². The van der Waals surface area contributed by atoms with Gasteiger partial charge in [0.1, 0.15) is 0 Å². The molecule has 3 heteroatoms. The van der Waals surface area contributed by atoms with Crippen LogP contribution in [0.1, 0.15) is 21.6 Å². The van der Waals surface area contributed by atoms with Crippen LogP contribution in [-0.4, -0.2) is 10.8 Å². The van der Waals surface area contributed by atoms with E-state index in [0.717, 1.165) is 5.56 Å². The largest absolute Gasteiger partial charge is 0.359 e. The maximum Gasteiger partial charge on any atom is 0.210 e. The number of ketones is 1. The van der Waals surface area contributed by atoms with Crippen molar-refractivity contribution in [3.63, 3.8) is 0 Å². The zero-order valence-electron chi connectivity index (χ0n) is 8.25. The molecular weight excluding hydrogens is 210 g/mol. The van der Waals surface area contributed by atoms with E-state index in [1.807, 2.05) is 13.0 Å². The third-order valence-corrected chi connectivity index (χ3v) is 2.52. The molecule has 2 aromatic rings. The molecule has 15 heavy (non-hydrogen) atoms. The topological polar surface area (TPSA) is 32.9 Å². The lowest BCUT2D eigenvalue weighted by Crippen LogP contribution is -2.02. The molecule has 1 N–H and O–H groups in total. The van der Waals surface area contributed by atoms with Gasteiger partial charge >= 0.3 is 0 Å². The van der Waals surface area contributed by atoms with Crippen LogP contribution in [0.2, 0.25) is 5.02 Å². The van der Waals surface area contributed by atoms with E-state index in [2.05, 4.69) is 4.98 Å². The molecular formula is C12H10ClNO. The van der Waals surface area contributed by atoms with Crippen molar-refractivity contribution in [2.24, 2.45) is 0 Å². The highest BCUT2D eigenvalue weighted by atomic mass is 35.5. The van der Waals surface area contributed by atoms with Gasteiger partial charge in [-0.15, -0.1) is 0 Å². The van der Waals surface area contributed by atoms with E-state index in [1.54, 1.807) is 30.5 Å². The lowest BCUT2D eigenvalue weighted by atomic mass is 10.1. The van der Waals surface area contributed by atoms with Crippen molar-refractivity contribution < 1.29 is 4.79 Å². The molecule has 0 aliphatic rings. The lowest BCUT2D eigenvalue weighted by molar-refractivity contribution is 0.103. The third-order valence-electron chi connectivity index (χ3n) is 2.21. The van der Waals surface area contributed by atoms with Crippen LogP contribution in [0, 0.1) is 6.92 Å². The average Bonchev–Trinajstić information content (AvgIpc) is 2.69. The highest BCUT2D eigenvalue weighted by Crippen LogP contribution is 2.20. The minimum atomic E-state index is -0.0787. The van der Waals surface area contributed by atoms with Crippen molar-refractivity contribution >= 4 is 17.4 Å². The lowest BCUT2D eigenvalue weighted by Gasteiger charge is -2.02. The second kappa shape index (κ2) is 3.91. The number of aromatic nitrogens is 1. The first kappa shape index (κ1) is 9.99. The van der Waals surface area contributed by atoms with E-state index in [9.17, 15) is 4.79 Å². The molecule has 0 aliphatic heterocycles. The quantitative estimate of drug-likeness (QED) is 0.773.